The molecule has 1 aromatic rings. The summed E-state index contributed by atoms with van der Waals surface area (Å²) in [7, 11) is 0. The number of hydrogen-bond acceptors (Lipinski definition) is 3. The number of nitrogens with one attached hydrogen (secondary N) is 1. The number of hydrogen-bond donors (Lipinski definition) is 1. The van der Waals surface area contributed by atoms with Gasteiger partial charge in [-0.15, -0.1) is 0 Å². The molecule has 5 atom stereocenters. The highest BCUT2D eigenvalue weighted by atomic mass is 16.2. The Balaban J connectivity index is 1.58. The fourth-order valence-electron chi connectivity index (χ4n) is 4.64. The van der Waals surface area contributed by atoms with E-state index < -0.39 is 6.04 Å². The van der Waals surface area contributed by atoms with E-state index in [4.69, 9.17) is 0 Å². The number of fused-ring (bicyclic) bond motifs is 1. The van der Waals surface area contributed by atoms with Gasteiger partial charge < -0.3 is 5.32 Å². The molecule has 0 radical (unpaired) electrons. The molecule has 3 aliphatic carbocycles. The highest BCUT2D eigenvalue weighted by Crippen LogP contribution is 2.50. The molecule has 0 unspecified atom stereocenters. The Morgan fingerprint density at radius 2 is 1.64 bits per heavy atom. The normalized spacial score (nSPS) is 31.2. The summed E-state index contributed by atoms with van der Waals surface area (Å²) in [4.78, 5) is 40.0. The van der Waals surface area contributed by atoms with Crippen molar-refractivity contribution in [1.82, 2.24) is 4.90 Å². The number of imide groups is 1. The van der Waals surface area contributed by atoms with Crippen molar-refractivity contribution in [1.29, 1.82) is 0 Å². The van der Waals surface area contributed by atoms with Crippen molar-refractivity contribution in [3.05, 3.63) is 42.5 Å². The lowest BCUT2D eigenvalue weighted by Gasteiger charge is -2.38. The van der Waals surface area contributed by atoms with Crippen molar-refractivity contribution >= 4 is 23.4 Å². The second kappa shape index (κ2) is 6.14. The molecular weight excluding hydrogens is 316 g/mol. The quantitative estimate of drug-likeness (QED) is 0.678. The monoisotopic (exact) mass is 338 g/mol. The van der Waals surface area contributed by atoms with Crippen molar-refractivity contribution in [2.75, 3.05) is 5.32 Å². The minimum absolute atomic E-state index is 0.145. The van der Waals surface area contributed by atoms with Crippen LogP contribution in [-0.4, -0.2) is 28.7 Å². The molecule has 5 nitrogen and oxygen atoms in total. The smallest absolute Gasteiger partial charge is 0.247 e. The molecule has 0 aromatic heterocycles. The van der Waals surface area contributed by atoms with Gasteiger partial charge in [0.15, 0.2) is 0 Å². The van der Waals surface area contributed by atoms with Gasteiger partial charge in [0.2, 0.25) is 17.7 Å². The fraction of sp³-hybridized carbons (Fsp3) is 0.450. The van der Waals surface area contributed by atoms with E-state index in [0.29, 0.717) is 12.1 Å². The first-order chi connectivity index (χ1) is 12.1. The summed E-state index contributed by atoms with van der Waals surface area (Å²) < 4.78 is 0. The molecule has 5 rings (SSSR count). The van der Waals surface area contributed by atoms with Crippen LogP contribution in [0.1, 0.15) is 26.2 Å². The van der Waals surface area contributed by atoms with E-state index in [1.165, 1.54) is 4.90 Å². The zero-order valence-electron chi connectivity index (χ0n) is 14.2. The molecule has 130 valence electrons. The van der Waals surface area contributed by atoms with Crippen LogP contribution in [0.4, 0.5) is 5.69 Å². The Kier molecular flexibility index (Phi) is 3.94. The lowest BCUT2D eigenvalue weighted by molar-refractivity contribution is -0.146. The third kappa shape index (κ3) is 2.49. The summed E-state index contributed by atoms with van der Waals surface area (Å²) in [5, 5.41) is 2.83. The maximum atomic E-state index is 13.0. The van der Waals surface area contributed by atoms with Gasteiger partial charge in [0.25, 0.3) is 0 Å². The largest absolute Gasteiger partial charge is 0.324 e. The predicted molar refractivity (Wildman–Crippen MR) is 93.3 cm³/mol. The molecule has 2 bridgehead atoms. The highest BCUT2D eigenvalue weighted by molar-refractivity contribution is 6.10. The number of carbonyl (C=O) groups is 3. The van der Waals surface area contributed by atoms with E-state index in [1.54, 1.807) is 12.1 Å². The summed E-state index contributed by atoms with van der Waals surface area (Å²) in [6.45, 7) is 1.84. The lowest BCUT2D eigenvalue weighted by atomic mass is 9.63. The van der Waals surface area contributed by atoms with Crippen molar-refractivity contribution in [2.24, 2.45) is 23.7 Å². The molecule has 1 N–H and O–H groups in total. The first-order valence-corrected chi connectivity index (χ1v) is 9.03. The fourth-order valence-corrected chi connectivity index (χ4v) is 4.64. The topological polar surface area (TPSA) is 66.5 Å². The minimum atomic E-state index is -0.745. The molecule has 0 spiro atoms. The molecule has 1 heterocycles. The number of benzene rings is 1. The van der Waals surface area contributed by atoms with E-state index in [1.807, 2.05) is 25.1 Å². The Bertz CT molecular complexity index is 711. The van der Waals surface area contributed by atoms with Gasteiger partial charge in [0.1, 0.15) is 6.04 Å². The van der Waals surface area contributed by atoms with Crippen molar-refractivity contribution in [3.63, 3.8) is 0 Å². The Labute approximate surface area is 147 Å². The molecule has 3 amide bonds. The molecule has 1 saturated heterocycles. The van der Waals surface area contributed by atoms with Gasteiger partial charge in [0.05, 0.1) is 11.8 Å². The van der Waals surface area contributed by atoms with Gasteiger partial charge in [-0.25, -0.2) is 0 Å². The van der Waals surface area contributed by atoms with Crippen LogP contribution in [0.5, 0.6) is 0 Å². The zero-order valence-corrected chi connectivity index (χ0v) is 14.2. The number of para-hydroxylation sites is 1. The van der Waals surface area contributed by atoms with E-state index >= 15 is 0 Å². The second-order valence-corrected chi connectivity index (χ2v) is 7.17. The maximum Gasteiger partial charge on any atom is 0.247 e. The summed E-state index contributed by atoms with van der Waals surface area (Å²) in [5.74, 6) is -0.871. The minimum Gasteiger partial charge on any atom is -0.324 e. The van der Waals surface area contributed by atoms with Crippen LogP contribution in [0.25, 0.3) is 0 Å². The molecule has 1 aliphatic heterocycles. The van der Waals surface area contributed by atoms with Crippen LogP contribution in [0, 0.1) is 23.7 Å². The van der Waals surface area contributed by atoms with Crippen LogP contribution >= 0.6 is 0 Å². The Hall–Kier alpha value is -2.43. The maximum absolute atomic E-state index is 13.0. The highest BCUT2D eigenvalue weighted by Gasteiger charge is 2.58. The van der Waals surface area contributed by atoms with E-state index in [0.717, 1.165) is 12.8 Å². The number of likely N-dealkylation sites (tertiary alicyclic amines) is 1. The molecule has 5 heteroatoms. The summed E-state index contributed by atoms with van der Waals surface area (Å²) in [6.07, 6.45) is 6.52. The van der Waals surface area contributed by atoms with Gasteiger partial charge in [0, 0.05) is 5.69 Å². The van der Waals surface area contributed by atoms with E-state index in [9.17, 15) is 14.4 Å². The van der Waals surface area contributed by atoms with Crippen molar-refractivity contribution in [3.8, 4) is 0 Å². The molecular formula is C20H22N2O3. The number of amides is 3. The van der Waals surface area contributed by atoms with Crippen LogP contribution in [0.2, 0.25) is 0 Å². The van der Waals surface area contributed by atoms with Gasteiger partial charge >= 0.3 is 0 Å². The third-order valence-electron chi connectivity index (χ3n) is 5.84. The summed E-state index contributed by atoms with van der Waals surface area (Å²) in [6, 6.07) is 8.38. The zero-order chi connectivity index (χ0) is 17.6. The Morgan fingerprint density at radius 1 is 1.08 bits per heavy atom. The van der Waals surface area contributed by atoms with Crippen LogP contribution < -0.4 is 5.32 Å². The molecule has 2 fully saturated rings. The first-order valence-electron chi connectivity index (χ1n) is 9.03. The molecule has 25 heavy (non-hydrogen) atoms. The Morgan fingerprint density at radius 3 is 2.12 bits per heavy atom. The summed E-state index contributed by atoms with van der Waals surface area (Å²) in [5.41, 5.74) is 0.671. The number of anilines is 1. The number of nitrogens with zero attached hydrogens (tertiary/aromatic N) is 1. The van der Waals surface area contributed by atoms with Gasteiger partial charge in [-0.1, -0.05) is 37.3 Å². The van der Waals surface area contributed by atoms with Crippen LogP contribution in [-0.2, 0) is 14.4 Å². The van der Waals surface area contributed by atoms with Crippen molar-refractivity contribution in [2.45, 2.75) is 32.2 Å². The van der Waals surface area contributed by atoms with E-state index in [2.05, 4.69) is 17.5 Å². The summed E-state index contributed by atoms with van der Waals surface area (Å²) >= 11 is 0. The number of rotatable bonds is 4. The van der Waals surface area contributed by atoms with Crippen LogP contribution in [0.15, 0.2) is 42.5 Å². The SMILES string of the molecule is CC[C@H](C(=O)Nc1ccccc1)N1C(=O)[C@@H]2[C@@H](C1=O)[C@H]1C=C[C@H]2CC1. The third-order valence-corrected chi connectivity index (χ3v) is 5.84. The standard InChI is InChI=1S/C20H22N2O3/c1-2-15(18(23)21-14-6-4-3-5-7-14)22-19(24)16-12-8-9-13(11-10-12)17(16)20(22)25/h3-9,12-13,15-17H,2,10-11H2,1H3,(H,21,23)/t12-,13-,15+,16-,17-/m0/s1. The lowest BCUT2D eigenvalue weighted by Crippen LogP contribution is -2.47. The molecule has 4 aliphatic rings. The first kappa shape index (κ1) is 16.1. The second-order valence-electron chi connectivity index (χ2n) is 7.17. The van der Waals surface area contributed by atoms with Crippen LogP contribution in [0.3, 0.4) is 0 Å². The predicted octanol–water partition coefficient (Wildman–Crippen LogP) is 2.60. The molecule has 1 saturated carbocycles. The van der Waals surface area contributed by atoms with Gasteiger partial charge in [-0.05, 0) is 43.2 Å². The van der Waals surface area contributed by atoms with Crippen molar-refractivity contribution < 1.29 is 14.4 Å². The molecule has 1 aromatic carbocycles. The average molecular weight is 338 g/mol. The van der Waals surface area contributed by atoms with E-state index in [-0.39, 0.29) is 41.4 Å². The number of carbonyl (C=O) groups excluding carboxylic acids is 3. The van der Waals surface area contributed by atoms with Gasteiger partial charge in [-0.3, -0.25) is 19.3 Å². The number of allylic oxidation sites excluding steroid dienone is 2. The average Bonchev–Trinajstić information content (AvgIpc) is 2.92. The van der Waals surface area contributed by atoms with Gasteiger partial charge in [-0.2, -0.15) is 0 Å².